The molecule has 1 aromatic heterocycles. The van der Waals surface area contributed by atoms with Crippen LogP contribution >= 0.6 is 0 Å². The van der Waals surface area contributed by atoms with Gasteiger partial charge in [-0.25, -0.2) is 8.42 Å². The van der Waals surface area contributed by atoms with Gasteiger partial charge in [-0.3, -0.25) is 4.98 Å². The molecule has 1 saturated heterocycles. The van der Waals surface area contributed by atoms with Crippen LogP contribution in [0.2, 0.25) is 0 Å². The lowest BCUT2D eigenvalue weighted by molar-refractivity contribution is 0.0954. The normalized spacial score (nSPS) is 20.3. The molecule has 0 saturated carbocycles. The Bertz CT molecular complexity index is 755. The van der Waals surface area contributed by atoms with Crippen molar-refractivity contribution in [1.29, 1.82) is 0 Å². The van der Waals surface area contributed by atoms with E-state index in [1.54, 1.807) is 6.20 Å². The molecule has 22 heavy (non-hydrogen) atoms. The fourth-order valence-corrected chi connectivity index (χ4v) is 4.43. The SMILES string of the molecule is N[C@H](CS(=O)(=O)Cc1cnc2ccccc2c1)[C@H]1CCCO1. The van der Waals surface area contributed by atoms with Crippen molar-refractivity contribution >= 4 is 20.7 Å². The first-order valence-corrected chi connectivity index (χ1v) is 9.27. The van der Waals surface area contributed by atoms with Gasteiger partial charge in [0.1, 0.15) is 0 Å². The van der Waals surface area contributed by atoms with E-state index in [1.165, 1.54) is 0 Å². The van der Waals surface area contributed by atoms with E-state index in [0.717, 1.165) is 23.7 Å². The number of nitrogens with zero attached hydrogens (tertiary/aromatic N) is 1. The van der Waals surface area contributed by atoms with Crippen LogP contribution in [0.1, 0.15) is 18.4 Å². The van der Waals surface area contributed by atoms with Gasteiger partial charge < -0.3 is 10.5 Å². The summed E-state index contributed by atoms with van der Waals surface area (Å²) >= 11 is 0. The van der Waals surface area contributed by atoms with Crippen molar-refractivity contribution < 1.29 is 13.2 Å². The number of benzene rings is 1. The second-order valence-corrected chi connectivity index (χ2v) is 7.92. The molecular weight excluding hydrogens is 300 g/mol. The number of pyridine rings is 1. The number of sulfone groups is 1. The third-order valence-electron chi connectivity index (χ3n) is 3.92. The van der Waals surface area contributed by atoms with Crippen molar-refractivity contribution in [2.45, 2.75) is 30.7 Å². The molecule has 0 aliphatic carbocycles. The fourth-order valence-electron chi connectivity index (χ4n) is 2.85. The molecule has 0 radical (unpaired) electrons. The molecule has 2 aromatic rings. The van der Waals surface area contributed by atoms with E-state index in [2.05, 4.69) is 4.98 Å². The topological polar surface area (TPSA) is 82.3 Å². The van der Waals surface area contributed by atoms with Crippen molar-refractivity contribution in [2.24, 2.45) is 5.73 Å². The highest BCUT2D eigenvalue weighted by Crippen LogP contribution is 2.18. The zero-order valence-electron chi connectivity index (χ0n) is 12.3. The van der Waals surface area contributed by atoms with Gasteiger partial charge in [-0.15, -0.1) is 0 Å². The van der Waals surface area contributed by atoms with Gasteiger partial charge in [0, 0.05) is 24.2 Å². The highest BCUT2D eigenvalue weighted by atomic mass is 32.2. The zero-order valence-corrected chi connectivity index (χ0v) is 13.1. The van der Waals surface area contributed by atoms with Crippen LogP contribution in [0.3, 0.4) is 0 Å². The summed E-state index contributed by atoms with van der Waals surface area (Å²) in [5.41, 5.74) is 7.54. The molecule has 118 valence electrons. The van der Waals surface area contributed by atoms with Crippen molar-refractivity contribution in [2.75, 3.05) is 12.4 Å². The number of nitrogens with two attached hydrogens (primary N) is 1. The summed E-state index contributed by atoms with van der Waals surface area (Å²) in [6.07, 6.45) is 3.28. The molecule has 1 aliphatic rings. The molecule has 1 aromatic carbocycles. The van der Waals surface area contributed by atoms with Crippen LogP contribution in [0.5, 0.6) is 0 Å². The summed E-state index contributed by atoms with van der Waals surface area (Å²) in [6, 6.07) is 9.07. The van der Waals surface area contributed by atoms with Crippen LogP contribution in [0.15, 0.2) is 36.5 Å². The summed E-state index contributed by atoms with van der Waals surface area (Å²) < 4.78 is 30.1. The van der Waals surface area contributed by atoms with E-state index >= 15 is 0 Å². The predicted octanol–water partition coefficient (Wildman–Crippen LogP) is 1.66. The lowest BCUT2D eigenvalue weighted by Gasteiger charge is -2.18. The van der Waals surface area contributed by atoms with Crippen molar-refractivity contribution in [1.82, 2.24) is 4.98 Å². The number of hydrogen-bond acceptors (Lipinski definition) is 5. The average Bonchev–Trinajstić information content (AvgIpc) is 3.00. The van der Waals surface area contributed by atoms with Crippen molar-refractivity contribution in [3.05, 3.63) is 42.1 Å². The van der Waals surface area contributed by atoms with Gasteiger partial charge in [0.05, 0.1) is 23.1 Å². The summed E-state index contributed by atoms with van der Waals surface area (Å²) in [5.74, 6) is -0.0876. The number of fused-ring (bicyclic) bond motifs is 1. The first-order chi connectivity index (χ1) is 10.5. The fraction of sp³-hybridized carbons (Fsp3) is 0.438. The molecule has 0 amide bonds. The third kappa shape index (κ3) is 3.63. The molecule has 6 heteroatoms. The Kier molecular flexibility index (Phi) is 4.42. The van der Waals surface area contributed by atoms with Gasteiger partial charge in [-0.1, -0.05) is 18.2 Å². The maximum absolute atomic E-state index is 12.3. The van der Waals surface area contributed by atoms with Crippen molar-refractivity contribution in [3.63, 3.8) is 0 Å². The maximum atomic E-state index is 12.3. The van der Waals surface area contributed by atoms with E-state index in [-0.39, 0.29) is 17.6 Å². The lowest BCUT2D eigenvalue weighted by atomic mass is 10.1. The van der Waals surface area contributed by atoms with E-state index in [1.807, 2.05) is 30.3 Å². The number of rotatable bonds is 5. The summed E-state index contributed by atoms with van der Waals surface area (Å²) in [4.78, 5) is 4.30. The number of para-hydroxylation sites is 1. The maximum Gasteiger partial charge on any atom is 0.156 e. The minimum Gasteiger partial charge on any atom is -0.377 e. The third-order valence-corrected chi connectivity index (χ3v) is 5.59. The highest BCUT2D eigenvalue weighted by molar-refractivity contribution is 7.90. The smallest absolute Gasteiger partial charge is 0.156 e. The van der Waals surface area contributed by atoms with Gasteiger partial charge in [-0.05, 0) is 30.5 Å². The van der Waals surface area contributed by atoms with E-state index in [0.29, 0.717) is 12.2 Å². The minimum absolute atomic E-state index is 0.0365. The Morgan fingerprint density at radius 2 is 2.18 bits per heavy atom. The zero-order chi connectivity index (χ0) is 15.6. The lowest BCUT2D eigenvalue weighted by Crippen LogP contribution is -2.40. The summed E-state index contributed by atoms with van der Waals surface area (Å²) in [6.45, 7) is 0.674. The van der Waals surface area contributed by atoms with E-state index in [9.17, 15) is 8.42 Å². The largest absolute Gasteiger partial charge is 0.377 e. The van der Waals surface area contributed by atoms with Gasteiger partial charge in [-0.2, -0.15) is 0 Å². The molecule has 1 aliphatic heterocycles. The Labute approximate surface area is 130 Å². The van der Waals surface area contributed by atoms with Crippen LogP contribution in [0.25, 0.3) is 10.9 Å². The standard InChI is InChI=1S/C16H20N2O3S/c17-14(16-6-3-7-21-16)11-22(19,20)10-12-8-13-4-1-2-5-15(13)18-9-12/h1-2,4-5,8-9,14,16H,3,6-7,10-11,17H2/t14-,16-/m1/s1. The monoisotopic (exact) mass is 320 g/mol. The molecule has 0 bridgehead atoms. The van der Waals surface area contributed by atoms with Gasteiger partial charge >= 0.3 is 0 Å². The average molecular weight is 320 g/mol. The molecule has 2 atom stereocenters. The number of hydrogen-bond donors (Lipinski definition) is 1. The Morgan fingerprint density at radius 1 is 1.36 bits per heavy atom. The van der Waals surface area contributed by atoms with Crippen molar-refractivity contribution in [3.8, 4) is 0 Å². The van der Waals surface area contributed by atoms with Crippen LogP contribution < -0.4 is 5.73 Å². The van der Waals surface area contributed by atoms with Gasteiger partial charge in [0.25, 0.3) is 0 Å². The molecule has 5 nitrogen and oxygen atoms in total. The molecule has 3 rings (SSSR count). The van der Waals surface area contributed by atoms with Gasteiger partial charge in [0.15, 0.2) is 9.84 Å². The van der Waals surface area contributed by atoms with E-state index < -0.39 is 15.9 Å². The molecule has 2 N–H and O–H groups in total. The molecule has 0 unspecified atom stereocenters. The molecule has 0 spiro atoms. The quantitative estimate of drug-likeness (QED) is 0.906. The Morgan fingerprint density at radius 3 is 2.95 bits per heavy atom. The second kappa shape index (κ2) is 6.32. The molecule has 1 fully saturated rings. The van der Waals surface area contributed by atoms with Crippen LogP contribution in [-0.4, -0.2) is 37.9 Å². The Hall–Kier alpha value is -1.50. The minimum atomic E-state index is -3.28. The predicted molar refractivity (Wildman–Crippen MR) is 86.2 cm³/mol. The summed E-state index contributed by atoms with van der Waals surface area (Å²) in [5, 5.41) is 0.943. The van der Waals surface area contributed by atoms with Crippen LogP contribution in [0, 0.1) is 0 Å². The molecule has 2 heterocycles. The van der Waals surface area contributed by atoms with Gasteiger partial charge in [0.2, 0.25) is 0 Å². The van der Waals surface area contributed by atoms with Crippen LogP contribution in [-0.2, 0) is 20.3 Å². The molecular formula is C16H20N2O3S. The summed E-state index contributed by atoms with van der Waals surface area (Å²) in [7, 11) is -3.28. The first-order valence-electron chi connectivity index (χ1n) is 7.45. The highest BCUT2D eigenvalue weighted by Gasteiger charge is 2.27. The van der Waals surface area contributed by atoms with Crippen LogP contribution in [0.4, 0.5) is 0 Å². The van der Waals surface area contributed by atoms with E-state index in [4.69, 9.17) is 10.5 Å². The Balaban J connectivity index is 1.71. The first kappa shape index (κ1) is 15.4. The number of ether oxygens (including phenoxy) is 1. The number of aromatic nitrogens is 1. The second-order valence-electron chi connectivity index (χ2n) is 5.81.